The van der Waals surface area contributed by atoms with Gasteiger partial charge in [-0.25, -0.2) is 9.19 Å². The predicted octanol–water partition coefficient (Wildman–Crippen LogP) is 3.64. The van der Waals surface area contributed by atoms with Crippen molar-refractivity contribution in [2.45, 2.75) is 63.7 Å². The molecule has 0 spiro atoms. The summed E-state index contributed by atoms with van der Waals surface area (Å²) in [5, 5.41) is 0.00840. The van der Waals surface area contributed by atoms with Crippen LogP contribution in [0.15, 0.2) is 18.7 Å². The molecule has 20 heavy (non-hydrogen) atoms. The van der Waals surface area contributed by atoms with E-state index in [9.17, 15) is 8.76 Å². The minimum absolute atomic E-state index is 0.00840. The second-order valence-corrected chi connectivity index (χ2v) is 7.32. The summed E-state index contributed by atoms with van der Waals surface area (Å²) in [6, 6.07) is 0.525. The van der Waals surface area contributed by atoms with Crippen LogP contribution in [0.2, 0.25) is 0 Å². The van der Waals surface area contributed by atoms with Gasteiger partial charge in [-0.1, -0.05) is 13.8 Å². The molecule has 1 heterocycles. The zero-order chi connectivity index (χ0) is 14.5. The average Bonchev–Trinajstić information content (AvgIpc) is 2.98. The topological polar surface area (TPSA) is 55.1 Å². The summed E-state index contributed by atoms with van der Waals surface area (Å²) in [5.74, 6) is 1.36. The Labute approximate surface area is 124 Å². The Morgan fingerprint density at radius 3 is 2.60 bits per heavy atom. The molecular weight excluding hydrogens is 272 g/mol. The summed E-state index contributed by atoms with van der Waals surface area (Å²) in [4.78, 5) is 4.14. The maximum Gasteiger partial charge on any atom is 0.155 e. The second kappa shape index (κ2) is 7.36. The molecule has 1 fully saturated rings. The van der Waals surface area contributed by atoms with Gasteiger partial charge in [0.15, 0.2) is 11.1 Å². The van der Waals surface area contributed by atoms with Gasteiger partial charge in [0.25, 0.3) is 0 Å². The SMILES string of the molecule is CCC(CC(C)C1CCC(S(=O)O)CC1)n1ccnc1. The van der Waals surface area contributed by atoms with Crippen LogP contribution in [0.3, 0.4) is 0 Å². The molecule has 5 heteroatoms. The molecule has 0 bridgehead atoms. The minimum atomic E-state index is -1.63. The number of aromatic nitrogens is 2. The maximum atomic E-state index is 11.1. The van der Waals surface area contributed by atoms with E-state index in [1.54, 1.807) is 0 Å². The molecule has 3 unspecified atom stereocenters. The third kappa shape index (κ3) is 3.92. The maximum absolute atomic E-state index is 11.1. The molecular formula is C15H26N2O2S. The Balaban J connectivity index is 1.86. The van der Waals surface area contributed by atoms with Gasteiger partial charge in [0.1, 0.15) is 0 Å². The van der Waals surface area contributed by atoms with E-state index in [0.29, 0.717) is 17.9 Å². The first-order valence-corrected chi connectivity index (χ1v) is 8.85. The third-order valence-corrected chi connectivity index (χ3v) is 5.91. The Kier molecular flexibility index (Phi) is 5.78. The molecule has 0 saturated heterocycles. The van der Waals surface area contributed by atoms with E-state index in [1.165, 1.54) is 6.42 Å². The number of nitrogens with zero attached hydrogens (tertiary/aromatic N) is 2. The smallest absolute Gasteiger partial charge is 0.155 e. The van der Waals surface area contributed by atoms with E-state index in [1.807, 2.05) is 18.7 Å². The van der Waals surface area contributed by atoms with Gasteiger partial charge in [0, 0.05) is 18.4 Å². The fraction of sp³-hybridized carbons (Fsp3) is 0.800. The van der Waals surface area contributed by atoms with E-state index in [-0.39, 0.29) is 5.25 Å². The Morgan fingerprint density at radius 1 is 1.40 bits per heavy atom. The van der Waals surface area contributed by atoms with Crippen molar-refractivity contribution in [3.8, 4) is 0 Å². The van der Waals surface area contributed by atoms with Crippen molar-refractivity contribution < 1.29 is 8.76 Å². The third-order valence-electron chi connectivity index (χ3n) is 4.87. The molecule has 0 aliphatic heterocycles. The normalized spacial score (nSPS) is 27.9. The highest BCUT2D eigenvalue weighted by Crippen LogP contribution is 2.36. The first-order valence-electron chi connectivity index (χ1n) is 7.68. The van der Waals surface area contributed by atoms with Crippen LogP contribution in [-0.2, 0) is 11.1 Å². The van der Waals surface area contributed by atoms with Crippen LogP contribution in [0.5, 0.6) is 0 Å². The van der Waals surface area contributed by atoms with E-state index in [0.717, 1.165) is 32.1 Å². The molecule has 1 N–H and O–H groups in total. The Bertz CT molecular complexity index is 414. The molecule has 3 atom stereocenters. The van der Waals surface area contributed by atoms with Gasteiger partial charge < -0.3 is 9.12 Å². The van der Waals surface area contributed by atoms with E-state index >= 15 is 0 Å². The zero-order valence-corrected chi connectivity index (χ0v) is 13.3. The fourth-order valence-corrected chi connectivity index (χ4v) is 4.14. The largest absolute Gasteiger partial charge is 0.334 e. The minimum Gasteiger partial charge on any atom is -0.334 e. The highest BCUT2D eigenvalue weighted by atomic mass is 32.2. The van der Waals surface area contributed by atoms with Gasteiger partial charge in [0.2, 0.25) is 0 Å². The fourth-order valence-electron chi connectivity index (χ4n) is 3.47. The molecule has 2 rings (SSSR count). The highest BCUT2D eigenvalue weighted by Gasteiger charge is 2.29. The van der Waals surface area contributed by atoms with Crippen molar-refractivity contribution in [1.82, 2.24) is 9.55 Å². The summed E-state index contributed by atoms with van der Waals surface area (Å²) in [5.41, 5.74) is 0. The van der Waals surface area contributed by atoms with Gasteiger partial charge in [-0.05, 0) is 50.4 Å². The van der Waals surface area contributed by atoms with Crippen molar-refractivity contribution in [3.05, 3.63) is 18.7 Å². The molecule has 1 aliphatic rings. The molecule has 4 nitrogen and oxygen atoms in total. The highest BCUT2D eigenvalue weighted by molar-refractivity contribution is 7.79. The summed E-state index contributed by atoms with van der Waals surface area (Å²) in [6.07, 6.45) is 12.1. The molecule has 1 aromatic heterocycles. The van der Waals surface area contributed by atoms with E-state index in [4.69, 9.17) is 0 Å². The first kappa shape index (κ1) is 15.7. The van der Waals surface area contributed by atoms with Crippen LogP contribution >= 0.6 is 0 Å². The molecule has 1 aromatic rings. The average molecular weight is 298 g/mol. The van der Waals surface area contributed by atoms with Crippen LogP contribution in [-0.4, -0.2) is 23.6 Å². The summed E-state index contributed by atoms with van der Waals surface area (Å²) >= 11 is -1.63. The van der Waals surface area contributed by atoms with Crippen molar-refractivity contribution in [3.63, 3.8) is 0 Å². The second-order valence-electron chi connectivity index (χ2n) is 6.10. The lowest BCUT2D eigenvalue weighted by Gasteiger charge is -2.32. The summed E-state index contributed by atoms with van der Waals surface area (Å²) in [6.45, 7) is 4.56. The molecule has 0 aromatic carbocycles. The standard InChI is InChI=1S/C15H26N2O2S/c1-3-14(17-9-8-16-11-17)10-12(2)13-4-6-15(7-5-13)20(18)19/h8-9,11-15H,3-7,10H2,1-2H3,(H,18,19). The summed E-state index contributed by atoms with van der Waals surface area (Å²) < 4.78 is 22.5. The quantitative estimate of drug-likeness (QED) is 0.816. The van der Waals surface area contributed by atoms with E-state index in [2.05, 4.69) is 23.4 Å². The van der Waals surface area contributed by atoms with Gasteiger partial charge in [-0.2, -0.15) is 0 Å². The number of rotatable bonds is 6. The number of hydrogen-bond acceptors (Lipinski definition) is 2. The lowest BCUT2D eigenvalue weighted by molar-refractivity contribution is 0.224. The predicted molar refractivity (Wildman–Crippen MR) is 81.9 cm³/mol. The Hall–Kier alpha value is -0.680. The summed E-state index contributed by atoms with van der Waals surface area (Å²) in [7, 11) is 0. The van der Waals surface area contributed by atoms with Crippen LogP contribution < -0.4 is 0 Å². The van der Waals surface area contributed by atoms with Crippen LogP contribution in [0.4, 0.5) is 0 Å². The van der Waals surface area contributed by atoms with Crippen LogP contribution in [0.1, 0.15) is 58.4 Å². The van der Waals surface area contributed by atoms with Gasteiger partial charge in [0.05, 0.1) is 11.6 Å². The molecule has 114 valence electrons. The molecule has 0 amide bonds. The van der Waals surface area contributed by atoms with Gasteiger partial charge in [-0.3, -0.25) is 0 Å². The van der Waals surface area contributed by atoms with Crippen molar-refractivity contribution in [1.29, 1.82) is 0 Å². The van der Waals surface area contributed by atoms with Gasteiger partial charge >= 0.3 is 0 Å². The van der Waals surface area contributed by atoms with E-state index < -0.39 is 11.1 Å². The molecule has 0 radical (unpaired) electrons. The lowest BCUT2D eigenvalue weighted by atomic mass is 9.78. The first-order chi connectivity index (χ1) is 9.61. The van der Waals surface area contributed by atoms with Crippen LogP contribution in [0.25, 0.3) is 0 Å². The molecule has 1 aliphatic carbocycles. The van der Waals surface area contributed by atoms with Crippen molar-refractivity contribution in [2.24, 2.45) is 11.8 Å². The number of hydrogen-bond donors (Lipinski definition) is 1. The molecule has 1 saturated carbocycles. The monoisotopic (exact) mass is 298 g/mol. The Morgan fingerprint density at radius 2 is 2.10 bits per heavy atom. The van der Waals surface area contributed by atoms with Gasteiger partial charge in [-0.15, -0.1) is 0 Å². The van der Waals surface area contributed by atoms with Crippen molar-refractivity contribution in [2.75, 3.05) is 0 Å². The lowest BCUT2D eigenvalue weighted by Crippen LogP contribution is -2.27. The van der Waals surface area contributed by atoms with Crippen LogP contribution in [0, 0.1) is 11.8 Å². The zero-order valence-electron chi connectivity index (χ0n) is 12.4. The van der Waals surface area contributed by atoms with Crippen molar-refractivity contribution >= 4 is 11.1 Å². The number of imidazole rings is 1.